The molecule has 10 nitrogen and oxygen atoms in total. The van der Waals surface area contributed by atoms with Gasteiger partial charge in [0.2, 0.25) is 17.7 Å². The number of likely N-dealkylation sites (tertiary alicyclic amines) is 1. The summed E-state index contributed by atoms with van der Waals surface area (Å²) in [5.41, 5.74) is -1.29. The number of benzene rings is 1. The second-order valence-electron chi connectivity index (χ2n) is 16.0. The van der Waals surface area contributed by atoms with E-state index in [2.05, 4.69) is 34.6 Å². The molecule has 5 rings (SSSR count). The summed E-state index contributed by atoms with van der Waals surface area (Å²) in [4.78, 5) is 62.6. The number of carbonyl (C=O) groups excluding carboxylic acids is 4. The SMILES string of the molecule is C[C@H]1[C@H](c2ccccc2)OC(=O)[C@@H]2[C@H]3C(=O)N(CCCCCO)[C@H](C(=O)N(C(C)(C)CC(C)(C)C)C/C=C\CCC(=O)N1C)[C@]31C=C[C@H]2O1. The summed E-state index contributed by atoms with van der Waals surface area (Å²) in [7, 11) is 1.72. The normalized spacial score (nSPS) is 31.8. The number of allylic oxidation sites excluding steroid dienone is 1. The van der Waals surface area contributed by atoms with Gasteiger partial charge >= 0.3 is 5.97 Å². The van der Waals surface area contributed by atoms with Crippen LogP contribution in [-0.2, 0) is 28.7 Å². The van der Waals surface area contributed by atoms with Crippen molar-refractivity contribution in [3.63, 3.8) is 0 Å². The average Bonchev–Trinajstić information content (AvgIpc) is 3.68. The van der Waals surface area contributed by atoms with E-state index < -0.39 is 53.2 Å². The van der Waals surface area contributed by atoms with Crippen LogP contribution in [0.4, 0.5) is 0 Å². The van der Waals surface area contributed by atoms with Crippen LogP contribution in [0.25, 0.3) is 0 Å². The average molecular weight is 678 g/mol. The smallest absolute Gasteiger partial charge is 0.313 e. The van der Waals surface area contributed by atoms with E-state index in [9.17, 15) is 19.5 Å². The number of unbranched alkanes of at least 4 members (excludes halogenated alkanes) is 2. The van der Waals surface area contributed by atoms with Crippen LogP contribution in [0.15, 0.2) is 54.6 Å². The van der Waals surface area contributed by atoms with Crippen molar-refractivity contribution >= 4 is 23.7 Å². The number of hydrogen-bond donors (Lipinski definition) is 1. The van der Waals surface area contributed by atoms with Gasteiger partial charge in [0.05, 0.1) is 18.1 Å². The minimum atomic E-state index is -1.33. The van der Waals surface area contributed by atoms with E-state index in [1.54, 1.807) is 22.9 Å². The third-order valence-electron chi connectivity index (χ3n) is 10.7. The fourth-order valence-corrected chi connectivity index (χ4v) is 8.61. The highest BCUT2D eigenvalue weighted by molar-refractivity contribution is 5.99. The molecule has 0 saturated carbocycles. The van der Waals surface area contributed by atoms with E-state index in [0.29, 0.717) is 45.2 Å². The van der Waals surface area contributed by atoms with Crippen molar-refractivity contribution in [2.75, 3.05) is 26.7 Å². The Kier molecular flexibility index (Phi) is 10.8. The predicted octanol–water partition coefficient (Wildman–Crippen LogP) is 4.82. The number of ether oxygens (including phenoxy) is 2. The third kappa shape index (κ3) is 7.22. The van der Waals surface area contributed by atoms with Crippen molar-refractivity contribution in [2.24, 2.45) is 17.3 Å². The van der Waals surface area contributed by atoms with Gasteiger partial charge in [0, 0.05) is 38.7 Å². The molecule has 1 aromatic rings. The molecule has 268 valence electrons. The maximum Gasteiger partial charge on any atom is 0.313 e. The van der Waals surface area contributed by atoms with E-state index >= 15 is 4.79 Å². The number of hydrogen-bond acceptors (Lipinski definition) is 7. The van der Waals surface area contributed by atoms with Gasteiger partial charge in [0.15, 0.2) is 0 Å². The fraction of sp³-hybridized carbons (Fsp3) is 0.641. The Balaban J connectivity index is 1.61. The van der Waals surface area contributed by atoms with Gasteiger partial charge in [0.1, 0.15) is 23.7 Å². The van der Waals surface area contributed by atoms with Crippen molar-refractivity contribution in [3.8, 4) is 0 Å². The topological polar surface area (TPSA) is 117 Å². The first-order valence-electron chi connectivity index (χ1n) is 17.9. The van der Waals surface area contributed by atoms with Gasteiger partial charge in [-0.2, -0.15) is 0 Å². The molecule has 4 heterocycles. The van der Waals surface area contributed by atoms with Crippen molar-refractivity contribution in [2.45, 2.75) is 115 Å². The summed E-state index contributed by atoms with van der Waals surface area (Å²) in [6.07, 6.45) is 9.33. The second kappa shape index (κ2) is 14.4. The first-order chi connectivity index (χ1) is 23.1. The van der Waals surface area contributed by atoms with Gasteiger partial charge in [-0.15, -0.1) is 0 Å². The molecule has 1 spiro atoms. The van der Waals surface area contributed by atoms with Crippen LogP contribution in [0, 0.1) is 17.3 Å². The molecule has 3 amide bonds. The highest BCUT2D eigenvalue weighted by Crippen LogP contribution is 2.56. The lowest BCUT2D eigenvalue weighted by Gasteiger charge is -2.45. The van der Waals surface area contributed by atoms with Gasteiger partial charge in [-0.1, -0.05) is 75.4 Å². The van der Waals surface area contributed by atoms with E-state index in [1.807, 2.05) is 60.4 Å². The highest BCUT2D eigenvalue weighted by atomic mass is 16.6. The third-order valence-corrected chi connectivity index (χ3v) is 10.7. The van der Waals surface area contributed by atoms with Crippen LogP contribution in [0.5, 0.6) is 0 Å². The Morgan fingerprint density at radius 2 is 1.67 bits per heavy atom. The predicted molar refractivity (Wildman–Crippen MR) is 186 cm³/mol. The van der Waals surface area contributed by atoms with Crippen LogP contribution in [0.2, 0.25) is 0 Å². The zero-order valence-corrected chi connectivity index (χ0v) is 30.3. The Bertz CT molecular complexity index is 1450. The van der Waals surface area contributed by atoms with Crippen molar-refractivity contribution in [1.82, 2.24) is 14.7 Å². The largest absolute Gasteiger partial charge is 0.455 e. The molecule has 5 bridgehead atoms. The maximum absolute atomic E-state index is 15.1. The summed E-state index contributed by atoms with van der Waals surface area (Å²) in [6, 6.07) is 7.88. The van der Waals surface area contributed by atoms with Crippen LogP contribution in [-0.4, -0.2) is 99.6 Å². The Labute approximate surface area is 291 Å². The Morgan fingerprint density at radius 3 is 2.35 bits per heavy atom. The van der Waals surface area contributed by atoms with Crippen LogP contribution < -0.4 is 0 Å². The number of cyclic esters (lactones) is 1. The zero-order chi connectivity index (χ0) is 35.7. The number of aliphatic hydroxyl groups excluding tert-OH is 1. The minimum Gasteiger partial charge on any atom is -0.455 e. The molecule has 4 aliphatic heterocycles. The molecule has 0 unspecified atom stereocenters. The lowest BCUT2D eigenvalue weighted by atomic mass is 9.74. The highest BCUT2D eigenvalue weighted by Gasteiger charge is 2.73. The molecular formula is C39H55N3O7. The summed E-state index contributed by atoms with van der Waals surface area (Å²) in [5, 5.41) is 9.42. The summed E-state index contributed by atoms with van der Waals surface area (Å²) in [6.45, 7) is 13.0. The van der Waals surface area contributed by atoms with Crippen LogP contribution in [0.1, 0.15) is 91.7 Å². The quantitative estimate of drug-likeness (QED) is 0.238. The minimum absolute atomic E-state index is 0.0488. The van der Waals surface area contributed by atoms with E-state index in [4.69, 9.17) is 9.47 Å². The molecule has 1 aromatic carbocycles. The number of fused-ring (bicyclic) bond motifs is 2. The lowest BCUT2D eigenvalue weighted by Crippen LogP contribution is -2.60. The first-order valence-corrected chi connectivity index (χ1v) is 17.9. The summed E-state index contributed by atoms with van der Waals surface area (Å²) >= 11 is 0. The van der Waals surface area contributed by atoms with Crippen LogP contribution in [0.3, 0.4) is 0 Å². The molecular weight excluding hydrogens is 622 g/mol. The molecule has 0 aromatic heterocycles. The number of esters is 1. The van der Waals surface area contributed by atoms with Crippen molar-refractivity contribution in [1.29, 1.82) is 0 Å². The second-order valence-corrected chi connectivity index (χ2v) is 16.0. The number of amides is 3. The number of nitrogens with zero attached hydrogens (tertiary/aromatic N) is 3. The van der Waals surface area contributed by atoms with Gasteiger partial charge in [-0.25, -0.2) is 0 Å². The standard InChI is InChI=1S/C39H55N3O7/c1-26-32(27-17-11-8-12-18-27)48-36(47)30-28-20-21-39(49-28)31(30)34(45)41(22-14-10-16-24-43)33(39)35(46)42(38(5,6)25-37(2,3)4)23-15-9-13-19-29(44)40(26)7/h8-9,11-12,15,17-18,20-21,26,28,30-33,43H,10,13-14,16,19,22-25H2,1-7H3/b15-9-/t26-,28+,30-,31-,32+,33+,39-/m0/s1. The first kappa shape index (κ1) is 36.8. The monoisotopic (exact) mass is 677 g/mol. The molecule has 49 heavy (non-hydrogen) atoms. The molecule has 10 heteroatoms. The molecule has 0 radical (unpaired) electrons. The molecule has 1 N–H and O–H groups in total. The van der Waals surface area contributed by atoms with Gasteiger partial charge in [0.25, 0.3) is 0 Å². The van der Waals surface area contributed by atoms with Crippen molar-refractivity contribution < 1.29 is 33.8 Å². The van der Waals surface area contributed by atoms with E-state index in [1.165, 1.54) is 0 Å². The molecule has 2 fully saturated rings. The number of rotatable bonds is 8. The van der Waals surface area contributed by atoms with Gasteiger partial charge < -0.3 is 29.3 Å². The van der Waals surface area contributed by atoms with Crippen molar-refractivity contribution in [3.05, 3.63) is 60.2 Å². The fourth-order valence-electron chi connectivity index (χ4n) is 8.61. The molecule has 4 aliphatic rings. The number of aliphatic hydroxyl groups is 1. The lowest BCUT2D eigenvalue weighted by molar-refractivity contribution is -0.164. The molecule has 7 atom stereocenters. The molecule has 0 aliphatic carbocycles. The summed E-state index contributed by atoms with van der Waals surface area (Å²) in [5.74, 6) is -3.09. The maximum atomic E-state index is 15.1. The van der Waals surface area contributed by atoms with E-state index in [0.717, 1.165) is 5.56 Å². The van der Waals surface area contributed by atoms with Gasteiger partial charge in [-0.05, 0) is 63.9 Å². The number of likely N-dealkylation sites (N-methyl/N-ethyl adjacent to an activating group) is 1. The Morgan fingerprint density at radius 1 is 0.959 bits per heavy atom. The zero-order valence-electron chi connectivity index (χ0n) is 30.3. The van der Waals surface area contributed by atoms with Gasteiger partial charge in [-0.3, -0.25) is 19.2 Å². The van der Waals surface area contributed by atoms with E-state index in [-0.39, 0.29) is 36.2 Å². The summed E-state index contributed by atoms with van der Waals surface area (Å²) < 4.78 is 13.0. The Hall–Kier alpha value is -3.50. The number of carbonyl (C=O) groups is 4. The van der Waals surface area contributed by atoms with Crippen LogP contribution >= 0.6 is 0 Å². The molecule has 2 saturated heterocycles.